The molecule has 4 fully saturated rings. The lowest BCUT2D eigenvalue weighted by molar-refractivity contribution is -0.166. The standard InChI is InChI=1S/C28H50O2/c1-18(10-12-25(3,4)29)21-8-9-22-20-16-19(2)24-17-26(5,30)14-15-28(24,7)23(20)11-13-27(21,22)6/h18-24,29-30H,8-17H2,1-7H3. The van der Waals surface area contributed by atoms with Gasteiger partial charge in [0.1, 0.15) is 0 Å². The second kappa shape index (κ2) is 7.47. The van der Waals surface area contributed by atoms with Gasteiger partial charge in [-0.2, -0.15) is 0 Å². The molecule has 0 aliphatic heterocycles. The molecule has 0 spiro atoms. The van der Waals surface area contributed by atoms with E-state index in [-0.39, 0.29) is 0 Å². The molecule has 30 heavy (non-hydrogen) atoms. The molecule has 0 aromatic rings. The molecule has 4 saturated carbocycles. The fourth-order valence-corrected chi connectivity index (χ4v) is 9.63. The Morgan fingerprint density at radius 1 is 0.933 bits per heavy atom. The zero-order valence-corrected chi connectivity index (χ0v) is 21.0. The van der Waals surface area contributed by atoms with Crippen LogP contribution in [0.2, 0.25) is 0 Å². The quantitative estimate of drug-likeness (QED) is 0.525. The van der Waals surface area contributed by atoms with Gasteiger partial charge in [-0.05, 0) is 137 Å². The Hall–Kier alpha value is -0.0800. The lowest BCUT2D eigenvalue weighted by atomic mass is 9.42. The maximum Gasteiger partial charge on any atom is 0.0623 e. The van der Waals surface area contributed by atoms with Gasteiger partial charge in [0, 0.05) is 0 Å². The van der Waals surface area contributed by atoms with E-state index in [9.17, 15) is 10.2 Å². The second-order valence-electron chi connectivity index (χ2n) is 14.0. The van der Waals surface area contributed by atoms with E-state index in [1.807, 2.05) is 13.8 Å². The zero-order chi connectivity index (χ0) is 22.1. The second-order valence-corrected chi connectivity index (χ2v) is 14.0. The lowest BCUT2D eigenvalue weighted by Crippen LogP contribution is -2.57. The van der Waals surface area contributed by atoms with Crippen LogP contribution in [0.25, 0.3) is 0 Å². The highest BCUT2D eigenvalue weighted by Crippen LogP contribution is 2.69. The van der Waals surface area contributed by atoms with Crippen LogP contribution in [0.4, 0.5) is 0 Å². The van der Waals surface area contributed by atoms with E-state index in [0.29, 0.717) is 16.7 Å². The van der Waals surface area contributed by atoms with Crippen molar-refractivity contribution in [2.24, 2.45) is 52.3 Å². The van der Waals surface area contributed by atoms with Crippen molar-refractivity contribution in [1.82, 2.24) is 0 Å². The third-order valence-electron chi connectivity index (χ3n) is 11.3. The van der Waals surface area contributed by atoms with Crippen molar-refractivity contribution in [3.8, 4) is 0 Å². The average Bonchev–Trinajstić information content (AvgIpc) is 2.98. The highest BCUT2D eigenvalue weighted by molar-refractivity contribution is 5.11. The molecule has 4 aliphatic rings. The number of hydrogen-bond acceptors (Lipinski definition) is 2. The average molecular weight is 419 g/mol. The summed E-state index contributed by atoms with van der Waals surface area (Å²) in [5, 5.41) is 21.1. The molecule has 2 heteroatoms. The van der Waals surface area contributed by atoms with Gasteiger partial charge < -0.3 is 10.2 Å². The molecule has 2 nitrogen and oxygen atoms in total. The third-order valence-corrected chi connectivity index (χ3v) is 11.3. The van der Waals surface area contributed by atoms with Gasteiger partial charge in [-0.15, -0.1) is 0 Å². The van der Waals surface area contributed by atoms with Gasteiger partial charge in [-0.3, -0.25) is 0 Å². The van der Waals surface area contributed by atoms with Crippen LogP contribution in [-0.2, 0) is 0 Å². The number of hydrogen-bond donors (Lipinski definition) is 2. The van der Waals surface area contributed by atoms with Gasteiger partial charge in [0.15, 0.2) is 0 Å². The van der Waals surface area contributed by atoms with Gasteiger partial charge in [0.25, 0.3) is 0 Å². The molecule has 4 aliphatic carbocycles. The minimum absolute atomic E-state index is 0.441. The van der Waals surface area contributed by atoms with Gasteiger partial charge >= 0.3 is 0 Å². The molecule has 0 heterocycles. The molecule has 0 radical (unpaired) electrons. The predicted molar refractivity (Wildman–Crippen MR) is 125 cm³/mol. The van der Waals surface area contributed by atoms with Crippen LogP contribution in [0.3, 0.4) is 0 Å². The van der Waals surface area contributed by atoms with E-state index in [1.165, 1.54) is 38.5 Å². The monoisotopic (exact) mass is 418 g/mol. The van der Waals surface area contributed by atoms with Crippen LogP contribution in [-0.4, -0.2) is 21.4 Å². The number of rotatable bonds is 4. The molecule has 10 atom stereocenters. The SMILES string of the molecule is CC(CCC(C)(C)O)C1CCC2C3CC(C)C4CC(C)(O)CCC4(C)C3CCC12C. The van der Waals surface area contributed by atoms with E-state index in [2.05, 4.69) is 34.6 Å². The molecule has 0 aromatic carbocycles. The van der Waals surface area contributed by atoms with Crippen molar-refractivity contribution in [3.63, 3.8) is 0 Å². The minimum atomic E-state index is -0.532. The van der Waals surface area contributed by atoms with Crippen molar-refractivity contribution in [2.45, 2.75) is 124 Å². The first-order valence-corrected chi connectivity index (χ1v) is 13.2. The first-order valence-electron chi connectivity index (χ1n) is 13.2. The molecule has 174 valence electrons. The highest BCUT2D eigenvalue weighted by Gasteiger charge is 2.62. The molecular weight excluding hydrogens is 368 g/mol. The molecule has 0 amide bonds. The van der Waals surface area contributed by atoms with E-state index in [1.54, 1.807) is 0 Å². The molecule has 4 rings (SSSR count). The maximum atomic E-state index is 10.8. The van der Waals surface area contributed by atoms with E-state index in [0.717, 1.165) is 61.2 Å². The fourth-order valence-electron chi connectivity index (χ4n) is 9.63. The number of fused-ring (bicyclic) bond motifs is 5. The van der Waals surface area contributed by atoms with Gasteiger partial charge in [-0.25, -0.2) is 0 Å². The summed E-state index contributed by atoms with van der Waals surface area (Å²) in [5.41, 5.74) is -0.0297. The Morgan fingerprint density at radius 3 is 2.27 bits per heavy atom. The Kier molecular flexibility index (Phi) is 5.75. The van der Waals surface area contributed by atoms with Crippen molar-refractivity contribution in [1.29, 1.82) is 0 Å². The van der Waals surface area contributed by atoms with Gasteiger partial charge in [-0.1, -0.05) is 27.7 Å². The van der Waals surface area contributed by atoms with Crippen LogP contribution >= 0.6 is 0 Å². The van der Waals surface area contributed by atoms with Crippen LogP contribution in [0.15, 0.2) is 0 Å². The maximum absolute atomic E-state index is 10.8. The Bertz CT molecular complexity index is 633. The van der Waals surface area contributed by atoms with E-state index < -0.39 is 11.2 Å². The molecule has 0 bridgehead atoms. The summed E-state index contributed by atoms with van der Waals surface area (Å²) in [6.45, 7) is 16.3. The number of aliphatic hydroxyl groups is 2. The van der Waals surface area contributed by atoms with E-state index >= 15 is 0 Å². The summed E-state index contributed by atoms with van der Waals surface area (Å²) in [5.74, 6) is 5.67. The predicted octanol–water partition coefficient (Wildman–Crippen LogP) is 6.83. The van der Waals surface area contributed by atoms with Crippen LogP contribution in [0, 0.1) is 52.3 Å². The molecule has 0 aromatic heterocycles. The smallest absolute Gasteiger partial charge is 0.0623 e. The summed E-state index contributed by atoms with van der Waals surface area (Å²) in [7, 11) is 0. The van der Waals surface area contributed by atoms with Crippen molar-refractivity contribution >= 4 is 0 Å². The minimum Gasteiger partial charge on any atom is -0.390 e. The van der Waals surface area contributed by atoms with Crippen LogP contribution in [0.1, 0.15) is 113 Å². The first kappa shape index (κ1) is 23.1. The molecule has 2 N–H and O–H groups in total. The molecule has 0 saturated heterocycles. The summed E-state index contributed by atoms with van der Waals surface area (Å²) in [6, 6.07) is 0. The molecule has 10 unspecified atom stereocenters. The van der Waals surface area contributed by atoms with Crippen molar-refractivity contribution in [2.75, 3.05) is 0 Å². The van der Waals surface area contributed by atoms with E-state index in [4.69, 9.17) is 0 Å². The zero-order valence-electron chi connectivity index (χ0n) is 21.0. The van der Waals surface area contributed by atoms with Crippen LogP contribution in [0.5, 0.6) is 0 Å². The van der Waals surface area contributed by atoms with Crippen molar-refractivity contribution in [3.05, 3.63) is 0 Å². The van der Waals surface area contributed by atoms with Crippen LogP contribution < -0.4 is 0 Å². The largest absolute Gasteiger partial charge is 0.390 e. The Balaban J connectivity index is 1.53. The van der Waals surface area contributed by atoms with Gasteiger partial charge in [0.2, 0.25) is 0 Å². The lowest BCUT2D eigenvalue weighted by Gasteiger charge is -2.64. The van der Waals surface area contributed by atoms with Gasteiger partial charge in [0.05, 0.1) is 11.2 Å². The first-order chi connectivity index (χ1) is 13.8. The Morgan fingerprint density at radius 2 is 1.60 bits per heavy atom. The normalized spacial score (nSPS) is 52.3. The fraction of sp³-hybridized carbons (Fsp3) is 1.00. The summed E-state index contributed by atoms with van der Waals surface area (Å²) in [4.78, 5) is 0. The summed E-state index contributed by atoms with van der Waals surface area (Å²) in [6.07, 6.45) is 12.4. The molecular formula is C28H50O2. The Labute approximate surface area is 186 Å². The third kappa shape index (κ3) is 3.81. The summed E-state index contributed by atoms with van der Waals surface area (Å²) >= 11 is 0. The topological polar surface area (TPSA) is 40.5 Å². The summed E-state index contributed by atoms with van der Waals surface area (Å²) < 4.78 is 0. The highest BCUT2D eigenvalue weighted by atomic mass is 16.3. The van der Waals surface area contributed by atoms with Crippen molar-refractivity contribution < 1.29 is 10.2 Å².